The topological polar surface area (TPSA) is 131 Å². The summed E-state index contributed by atoms with van der Waals surface area (Å²) >= 11 is 2.08. The first kappa shape index (κ1) is 25.9. The molecule has 0 bridgehead atoms. The van der Waals surface area contributed by atoms with E-state index in [4.69, 9.17) is 11.5 Å². The molecular weight excluding hydrogens is 520 g/mol. The smallest absolute Gasteiger partial charge is 0.270 e. The third kappa shape index (κ3) is 5.98. The van der Waals surface area contributed by atoms with Crippen LogP contribution in [0.3, 0.4) is 0 Å². The summed E-state index contributed by atoms with van der Waals surface area (Å²) in [7, 11) is 0. The molecule has 12 heteroatoms. The predicted molar refractivity (Wildman–Crippen MR) is 137 cm³/mol. The largest absolute Gasteiger partial charge is 0.395 e. The Morgan fingerprint density at radius 2 is 1.65 bits per heavy atom. The molecule has 4 aromatic rings. The Kier molecular flexibility index (Phi) is 7.89. The fraction of sp³-hybridized carbons (Fsp3) is 0.120. The first-order valence-electron chi connectivity index (χ1n) is 10.9. The molecule has 0 spiro atoms. The van der Waals surface area contributed by atoms with Crippen molar-refractivity contribution >= 4 is 46.3 Å². The molecule has 37 heavy (non-hydrogen) atoms. The number of hydrogen-bond donors (Lipinski definition) is 3. The fourth-order valence-corrected chi connectivity index (χ4v) is 5.08. The minimum absolute atomic E-state index is 0.0196. The minimum atomic E-state index is -1.20. The van der Waals surface area contributed by atoms with E-state index in [0.29, 0.717) is 22.7 Å². The standard InChI is InChI=1S/C25H21F2N5O3S2/c26-16-7-3-14(4-8-16)12-30-24(34)21(15-5-9-17(27)10-6-15)32(13-18-2-1-11-36-18)25(35)22-19(28)20(23(29)33)31-37-22/h1-11,21H,12-13,28H2,(H2,29,33)(H,30,34)/t21-/m1/s1. The molecule has 0 saturated heterocycles. The van der Waals surface area contributed by atoms with Crippen molar-refractivity contribution in [2.75, 3.05) is 5.73 Å². The van der Waals surface area contributed by atoms with E-state index in [1.54, 1.807) is 12.1 Å². The van der Waals surface area contributed by atoms with E-state index < -0.39 is 35.4 Å². The van der Waals surface area contributed by atoms with E-state index in [2.05, 4.69) is 9.69 Å². The Hall–Kier alpha value is -4.16. The first-order chi connectivity index (χ1) is 17.7. The molecule has 0 aliphatic carbocycles. The second kappa shape index (κ2) is 11.3. The lowest BCUT2D eigenvalue weighted by Crippen LogP contribution is -2.43. The van der Waals surface area contributed by atoms with Crippen LogP contribution in [-0.4, -0.2) is 27.0 Å². The number of aromatic nitrogens is 1. The number of amides is 3. The number of nitrogen functional groups attached to an aromatic ring is 1. The van der Waals surface area contributed by atoms with Gasteiger partial charge in [-0.25, -0.2) is 8.78 Å². The number of carbonyl (C=O) groups excluding carboxylic acids is 3. The summed E-state index contributed by atoms with van der Waals surface area (Å²) in [6, 6.07) is 13.2. The van der Waals surface area contributed by atoms with Crippen molar-refractivity contribution in [3.8, 4) is 0 Å². The average molecular weight is 542 g/mol. The van der Waals surface area contributed by atoms with E-state index in [-0.39, 0.29) is 29.3 Å². The molecule has 1 atom stereocenters. The van der Waals surface area contributed by atoms with Crippen LogP contribution in [0.25, 0.3) is 0 Å². The molecule has 0 unspecified atom stereocenters. The Morgan fingerprint density at radius 1 is 1.00 bits per heavy atom. The van der Waals surface area contributed by atoms with Crippen molar-refractivity contribution in [3.63, 3.8) is 0 Å². The molecule has 0 saturated carbocycles. The summed E-state index contributed by atoms with van der Waals surface area (Å²) in [5, 5.41) is 4.60. The molecule has 2 heterocycles. The van der Waals surface area contributed by atoms with Crippen LogP contribution >= 0.6 is 22.9 Å². The third-order valence-corrected chi connectivity index (χ3v) is 7.16. The molecule has 190 valence electrons. The van der Waals surface area contributed by atoms with E-state index in [9.17, 15) is 23.2 Å². The molecule has 2 aromatic carbocycles. The van der Waals surface area contributed by atoms with Crippen molar-refractivity contribution in [2.24, 2.45) is 5.73 Å². The zero-order valence-corrected chi connectivity index (χ0v) is 20.8. The van der Waals surface area contributed by atoms with Crippen LogP contribution < -0.4 is 16.8 Å². The van der Waals surface area contributed by atoms with Gasteiger partial charge in [-0.15, -0.1) is 11.3 Å². The predicted octanol–water partition coefficient (Wildman–Crippen LogP) is 3.86. The number of nitrogens with two attached hydrogens (primary N) is 2. The molecule has 0 fully saturated rings. The summed E-state index contributed by atoms with van der Waals surface area (Å²) in [4.78, 5) is 41.0. The highest BCUT2D eigenvalue weighted by Gasteiger charge is 2.35. The lowest BCUT2D eigenvalue weighted by atomic mass is 10.0. The Bertz CT molecular complexity index is 1410. The minimum Gasteiger partial charge on any atom is -0.395 e. The molecule has 0 radical (unpaired) electrons. The van der Waals surface area contributed by atoms with E-state index in [1.807, 2.05) is 5.38 Å². The highest BCUT2D eigenvalue weighted by atomic mass is 32.1. The Morgan fingerprint density at radius 3 is 2.22 bits per heavy atom. The molecular formula is C25H21F2N5O3S2. The van der Waals surface area contributed by atoms with Crippen LogP contribution in [0.5, 0.6) is 0 Å². The van der Waals surface area contributed by atoms with Crippen LogP contribution in [0.15, 0.2) is 66.0 Å². The number of primary amides is 1. The van der Waals surface area contributed by atoms with Crippen LogP contribution in [0.1, 0.15) is 42.2 Å². The highest BCUT2D eigenvalue weighted by molar-refractivity contribution is 7.10. The van der Waals surface area contributed by atoms with Crippen molar-refractivity contribution < 1.29 is 23.2 Å². The van der Waals surface area contributed by atoms with Gasteiger partial charge in [-0.1, -0.05) is 30.3 Å². The van der Waals surface area contributed by atoms with E-state index in [0.717, 1.165) is 4.88 Å². The second-order valence-electron chi connectivity index (χ2n) is 7.95. The number of rotatable bonds is 9. The molecule has 0 aliphatic heterocycles. The summed E-state index contributed by atoms with van der Waals surface area (Å²) < 4.78 is 30.9. The Labute approximate surface area is 218 Å². The lowest BCUT2D eigenvalue weighted by Gasteiger charge is -2.31. The van der Waals surface area contributed by atoms with Gasteiger partial charge in [0.25, 0.3) is 11.8 Å². The number of benzene rings is 2. The van der Waals surface area contributed by atoms with Crippen molar-refractivity contribution in [3.05, 3.63) is 104 Å². The van der Waals surface area contributed by atoms with Gasteiger partial charge < -0.3 is 21.7 Å². The molecule has 0 aliphatic rings. The molecule has 4 rings (SSSR count). The number of nitrogens with one attached hydrogen (secondary N) is 1. The Balaban J connectivity index is 1.74. The average Bonchev–Trinajstić information content (AvgIpc) is 3.53. The normalized spacial score (nSPS) is 11.6. The van der Waals surface area contributed by atoms with Gasteiger partial charge in [-0.05, 0) is 58.4 Å². The van der Waals surface area contributed by atoms with Crippen molar-refractivity contribution in [1.82, 2.24) is 14.6 Å². The second-order valence-corrected chi connectivity index (χ2v) is 9.75. The maximum Gasteiger partial charge on any atom is 0.270 e. The molecule has 5 N–H and O–H groups in total. The number of nitrogens with zero attached hydrogens (tertiary/aromatic N) is 2. The summed E-state index contributed by atoms with van der Waals surface area (Å²) in [5.74, 6) is -3.02. The van der Waals surface area contributed by atoms with Gasteiger partial charge in [0.15, 0.2) is 5.69 Å². The van der Waals surface area contributed by atoms with Crippen LogP contribution in [0.2, 0.25) is 0 Å². The van der Waals surface area contributed by atoms with Crippen LogP contribution in [0.4, 0.5) is 14.5 Å². The zero-order chi connectivity index (χ0) is 26.5. The number of halogens is 2. The van der Waals surface area contributed by atoms with Gasteiger partial charge in [0.2, 0.25) is 5.91 Å². The monoisotopic (exact) mass is 541 g/mol. The number of carbonyl (C=O) groups is 3. The molecule has 8 nitrogen and oxygen atoms in total. The van der Waals surface area contributed by atoms with Crippen LogP contribution in [0, 0.1) is 11.6 Å². The molecule has 3 amide bonds. The number of anilines is 1. The fourth-order valence-electron chi connectivity index (χ4n) is 3.62. The van der Waals surface area contributed by atoms with Gasteiger partial charge in [0.1, 0.15) is 22.6 Å². The zero-order valence-electron chi connectivity index (χ0n) is 19.2. The maximum absolute atomic E-state index is 13.8. The van der Waals surface area contributed by atoms with Crippen molar-refractivity contribution in [2.45, 2.75) is 19.1 Å². The maximum atomic E-state index is 13.8. The summed E-state index contributed by atoms with van der Waals surface area (Å²) in [6.07, 6.45) is 0. The van der Waals surface area contributed by atoms with Gasteiger partial charge in [0.05, 0.1) is 12.2 Å². The summed E-state index contributed by atoms with van der Waals surface area (Å²) in [6.45, 7) is 0.0815. The van der Waals surface area contributed by atoms with Gasteiger partial charge in [-0.2, -0.15) is 4.37 Å². The lowest BCUT2D eigenvalue weighted by molar-refractivity contribution is -0.126. The molecule has 2 aromatic heterocycles. The van der Waals surface area contributed by atoms with Crippen LogP contribution in [-0.2, 0) is 17.9 Å². The van der Waals surface area contributed by atoms with Crippen molar-refractivity contribution in [1.29, 1.82) is 0 Å². The quantitative estimate of drug-likeness (QED) is 0.296. The SMILES string of the molecule is NC(=O)c1nsc(C(=O)N(Cc2cccs2)[C@@H](C(=O)NCc2ccc(F)cc2)c2ccc(F)cc2)c1N. The third-order valence-electron chi connectivity index (χ3n) is 5.45. The highest BCUT2D eigenvalue weighted by Crippen LogP contribution is 2.31. The number of hydrogen-bond acceptors (Lipinski definition) is 7. The van der Waals surface area contributed by atoms with Gasteiger partial charge >= 0.3 is 0 Å². The van der Waals surface area contributed by atoms with Gasteiger partial charge in [-0.3, -0.25) is 14.4 Å². The van der Waals surface area contributed by atoms with Gasteiger partial charge in [0, 0.05) is 11.4 Å². The summed E-state index contributed by atoms with van der Waals surface area (Å²) in [5.41, 5.74) is 11.9. The van der Waals surface area contributed by atoms with E-state index in [1.165, 1.54) is 64.8 Å². The van der Waals surface area contributed by atoms with E-state index >= 15 is 0 Å². The first-order valence-corrected chi connectivity index (χ1v) is 12.6. The number of thiophene rings is 1.